The van der Waals surface area contributed by atoms with Crippen molar-refractivity contribution in [3.8, 4) is 101 Å². The van der Waals surface area contributed by atoms with Crippen molar-refractivity contribution in [1.82, 2.24) is 34.1 Å². The lowest BCUT2D eigenvalue weighted by Gasteiger charge is -2.17. The minimum atomic E-state index is 0.639. The number of hydrogen-bond acceptors (Lipinski definition) is 5. The molecule has 98 heavy (non-hydrogen) atoms. The lowest BCUT2D eigenvalue weighted by Crippen LogP contribution is -2.04. The third kappa shape index (κ3) is 8.08. The second-order valence-electron chi connectivity index (χ2n) is 25.8. The molecular weight excluding hydrogens is 1190 g/mol. The number of hydrogen-bond donors (Lipinski definition) is 0. The quantitative estimate of drug-likeness (QED) is 0.166. The van der Waals surface area contributed by atoms with Gasteiger partial charge in [0.05, 0.1) is 33.1 Å². The lowest BCUT2D eigenvalue weighted by molar-refractivity contribution is 1.07. The Morgan fingerprint density at radius 1 is 0.214 bits per heavy atom. The first kappa shape index (κ1) is 54.2. The number of para-hydroxylation sites is 2. The summed E-state index contributed by atoms with van der Waals surface area (Å²) in [5, 5.41) is 17.4. The van der Waals surface area contributed by atoms with Crippen LogP contribution in [0.2, 0.25) is 0 Å². The van der Waals surface area contributed by atoms with Crippen LogP contribution < -0.4 is 0 Å². The first-order valence-electron chi connectivity index (χ1n) is 33.4. The Morgan fingerprint density at radius 3 is 1.20 bits per heavy atom. The van der Waals surface area contributed by atoms with E-state index in [0.29, 0.717) is 17.5 Å². The van der Waals surface area contributed by atoms with Crippen molar-refractivity contribution < 1.29 is 0 Å². The van der Waals surface area contributed by atoms with E-state index in [2.05, 4.69) is 294 Å². The number of rotatable bonds is 6. The summed E-state index contributed by atoms with van der Waals surface area (Å²) >= 11 is 0. The van der Waals surface area contributed by atoms with Gasteiger partial charge < -0.3 is 4.57 Å². The molecule has 4 aromatic heterocycles. The maximum absolute atomic E-state index is 5.40. The fourth-order valence-electron chi connectivity index (χ4n) is 16.1. The molecule has 20 aromatic rings. The van der Waals surface area contributed by atoms with Crippen LogP contribution in [0.4, 0.5) is 0 Å². The monoisotopic (exact) mass is 1240 g/mol. The minimum Gasteiger partial charge on any atom is -0.309 e. The average molecular weight is 1240 g/mol. The fraction of sp³-hybridized carbons (Fsp3) is 0. The molecule has 0 aliphatic heterocycles. The van der Waals surface area contributed by atoms with Crippen molar-refractivity contribution in [2.45, 2.75) is 0 Å². The van der Waals surface area contributed by atoms with E-state index < -0.39 is 0 Å². The summed E-state index contributed by atoms with van der Waals surface area (Å²) in [6.07, 6.45) is 0. The minimum absolute atomic E-state index is 0.639. The van der Waals surface area contributed by atoms with Crippen molar-refractivity contribution in [2.75, 3.05) is 0 Å². The second-order valence-corrected chi connectivity index (χ2v) is 25.8. The molecule has 0 N–H and O–H groups in total. The molecule has 16 aromatic carbocycles. The second kappa shape index (κ2) is 21.1. The van der Waals surface area contributed by atoms with E-state index in [1.807, 2.05) is 36.4 Å². The normalized spacial score (nSPS) is 12.1. The molecule has 2 aliphatic rings. The highest BCUT2D eigenvalue weighted by molar-refractivity contribution is 6.36. The largest absolute Gasteiger partial charge is 0.309 e. The van der Waals surface area contributed by atoms with Gasteiger partial charge in [-0.2, -0.15) is 0 Å². The van der Waals surface area contributed by atoms with Gasteiger partial charge in [-0.25, -0.2) is 24.9 Å². The first-order chi connectivity index (χ1) is 48.6. The molecule has 0 saturated carbocycles. The molecule has 0 fully saturated rings. The van der Waals surface area contributed by atoms with Crippen LogP contribution in [0.3, 0.4) is 0 Å². The van der Waals surface area contributed by atoms with E-state index in [1.54, 1.807) is 0 Å². The zero-order valence-electron chi connectivity index (χ0n) is 52.7. The number of benzene rings is 16. The molecule has 0 amide bonds. The number of fused-ring (bicyclic) bond motifs is 12. The Hall–Kier alpha value is -13.2. The van der Waals surface area contributed by atoms with Crippen LogP contribution in [0.15, 0.2) is 322 Å². The third-order valence-corrected chi connectivity index (χ3v) is 20.4. The Kier molecular flexibility index (Phi) is 11.7. The molecule has 452 valence electrons. The van der Waals surface area contributed by atoms with E-state index in [0.717, 1.165) is 61.4 Å². The lowest BCUT2D eigenvalue weighted by atomic mass is 9.92. The predicted octanol–water partition coefficient (Wildman–Crippen LogP) is 23.4. The van der Waals surface area contributed by atoms with Gasteiger partial charge in [-0.15, -0.1) is 0 Å². The van der Waals surface area contributed by atoms with Crippen LogP contribution in [-0.2, 0) is 0 Å². The summed E-state index contributed by atoms with van der Waals surface area (Å²) in [4.78, 5) is 25.8. The summed E-state index contributed by atoms with van der Waals surface area (Å²) in [6.45, 7) is 0. The van der Waals surface area contributed by atoms with Gasteiger partial charge in [-0.3, -0.25) is 4.57 Å². The smallest absolute Gasteiger partial charge is 0.165 e. The predicted molar refractivity (Wildman–Crippen MR) is 406 cm³/mol. The molecular formula is C91H53N7. The van der Waals surface area contributed by atoms with Gasteiger partial charge in [0.1, 0.15) is 5.69 Å². The molecule has 0 bridgehead atoms. The fourth-order valence-corrected chi connectivity index (χ4v) is 16.1. The molecule has 7 nitrogen and oxygen atoms in total. The van der Waals surface area contributed by atoms with Gasteiger partial charge in [0.2, 0.25) is 0 Å². The number of aromatic nitrogens is 7. The van der Waals surface area contributed by atoms with E-state index in [-0.39, 0.29) is 0 Å². The topological polar surface area (TPSA) is 74.3 Å². The van der Waals surface area contributed by atoms with Crippen molar-refractivity contribution in [2.24, 2.45) is 0 Å². The highest BCUT2D eigenvalue weighted by atomic mass is 15.1. The van der Waals surface area contributed by atoms with Crippen LogP contribution in [0.25, 0.3) is 210 Å². The van der Waals surface area contributed by atoms with E-state index in [4.69, 9.17) is 24.9 Å². The molecule has 7 heteroatoms. The van der Waals surface area contributed by atoms with Crippen LogP contribution in [0, 0.1) is 0 Å². The van der Waals surface area contributed by atoms with Gasteiger partial charge >= 0.3 is 0 Å². The van der Waals surface area contributed by atoms with Crippen molar-refractivity contribution in [3.05, 3.63) is 322 Å². The molecule has 0 spiro atoms. The highest BCUT2D eigenvalue weighted by Crippen LogP contribution is 2.54. The van der Waals surface area contributed by atoms with Crippen molar-refractivity contribution >= 4 is 109 Å². The van der Waals surface area contributed by atoms with Gasteiger partial charge in [0.15, 0.2) is 23.3 Å². The Labute approximate surface area is 562 Å². The molecule has 0 unspecified atom stereocenters. The third-order valence-electron chi connectivity index (χ3n) is 20.4. The molecule has 0 saturated heterocycles. The molecule has 4 heterocycles. The standard InChI is InChI=1S/C51H30N4.C40H23N3/c1-2-12-33(13-3-1)49-52-50(54-51(53-49)37-22-21-31-11-4-5-14-35(31)29-37)34-23-26-38(27-24-34)55-44-28-25-32-16-10-20-42-40-18-8-9-19-41(40)43-30-36-15-6-7-17-39(36)48(55)46(43)47(44)45(32)42;1-2-11-25(12-3-1)38-40(42-33-20-9-8-19-32(33)41-38)43-34-22-21-24-14-10-18-30-28-16-6-7-17-29(28)31-23-26-13-4-5-15-27(26)39(43)36(31)37(34)35(24)30/h1-30H;1-23H. The van der Waals surface area contributed by atoms with Gasteiger partial charge in [-0.1, -0.05) is 255 Å². The Bertz CT molecular complexity index is 6790. The summed E-state index contributed by atoms with van der Waals surface area (Å²) in [7, 11) is 0. The molecule has 2 aliphatic carbocycles. The Balaban J connectivity index is 0.000000133. The maximum atomic E-state index is 5.40. The molecule has 0 radical (unpaired) electrons. The van der Waals surface area contributed by atoms with Crippen LogP contribution in [0.1, 0.15) is 0 Å². The van der Waals surface area contributed by atoms with Crippen molar-refractivity contribution in [1.29, 1.82) is 0 Å². The molecule has 22 rings (SSSR count). The summed E-state index contributed by atoms with van der Waals surface area (Å²) in [5.41, 5.74) is 22.5. The van der Waals surface area contributed by atoms with Crippen LogP contribution >= 0.6 is 0 Å². The first-order valence-corrected chi connectivity index (χ1v) is 33.4. The average Bonchev–Trinajstić information content (AvgIpc) is 1.54. The van der Waals surface area contributed by atoms with Gasteiger partial charge in [0.25, 0.3) is 0 Å². The summed E-state index contributed by atoms with van der Waals surface area (Å²) in [6, 6.07) is 115. The SMILES string of the molecule is c1ccc(-c2nc(-c3ccc(-n4c5ccc6cccc7c6c5c5c(cc6ccccc6c54)-c4ccccc4-7)cc3)nc(-c3ccc4ccccc4c3)n2)cc1.c1ccc(-c2nc3ccccc3nc2-n2c3ccc4cccc5c4c3c3c(cc4ccccc4c32)-c2ccccc2-5)cc1. The number of nitrogens with zero attached hydrogens (tertiary/aromatic N) is 7. The van der Waals surface area contributed by atoms with E-state index >= 15 is 0 Å². The highest BCUT2D eigenvalue weighted by Gasteiger charge is 2.30. The Morgan fingerprint density at radius 2 is 0.622 bits per heavy atom. The van der Waals surface area contributed by atoms with E-state index in [9.17, 15) is 0 Å². The zero-order valence-corrected chi connectivity index (χ0v) is 52.7. The van der Waals surface area contributed by atoms with Crippen molar-refractivity contribution in [3.63, 3.8) is 0 Å². The zero-order chi connectivity index (χ0) is 64.1. The van der Waals surface area contributed by atoms with Crippen LogP contribution in [0.5, 0.6) is 0 Å². The summed E-state index contributed by atoms with van der Waals surface area (Å²) in [5.74, 6) is 2.78. The maximum Gasteiger partial charge on any atom is 0.165 e. The van der Waals surface area contributed by atoms with Gasteiger partial charge in [0, 0.05) is 60.3 Å². The van der Waals surface area contributed by atoms with Gasteiger partial charge in [-0.05, 0) is 154 Å². The molecule has 0 atom stereocenters. The van der Waals surface area contributed by atoms with E-state index in [1.165, 1.54) is 131 Å². The van der Waals surface area contributed by atoms with Crippen LogP contribution in [-0.4, -0.2) is 34.1 Å². The summed E-state index contributed by atoms with van der Waals surface area (Å²) < 4.78 is 4.86.